The van der Waals surface area contributed by atoms with Crippen LogP contribution in [0.3, 0.4) is 0 Å². The first-order valence-corrected chi connectivity index (χ1v) is 9.28. The lowest BCUT2D eigenvalue weighted by molar-refractivity contribution is -0.128. The fraction of sp³-hybridized carbons (Fsp3) is 0.389. The van der Waals surface area contributed by atoms with Crippen LogP contribution < -0.4 is 5.56 Å². The monoisotopic (exact) mass is 343 g/mol. The zero-order valence-corrected chi connectivity index (χ0v) is 14.3. The van der Waals surface area contributed by atoms with Crippen LogP contribution >= 0.6 is 11.8 Å². The molecule has 126 valence electrons. The molecule has 2 heterocycles. The van der Waals surface area contributed by atoms with Gasteiger partial charge in [-0.3, -0.25) is 9.59 Å². The van der Waals surface area contributed by atoms with Crippen molar-refractivity contribution in [2.75, 3.05) is 18.8 Å². The van der Waals surface area contributed by atoms with Crippen molar-refractivity contribution in [3.63, 3.8) is 0 Å². The molecule has 1 saturated heterocycles. The van der Waals surface area contributed by atoms with Crippen molar-refractivity contribution in [1.82, 2.24) is 14.9 Å². The van der Waals surface area contributed by atoms with Crippen molar-refractivity contribution < 1.29 is 4.79 Å². The molecule has 3 rings (SSSR count). The number of thioether (sulfide) groups is 1. The predicted octanol–water partition coefficient (Wildman–Crippen LogP) is 2.93. The maximum atomic E-state index is 12.3. The first-order chi connectivity index (χ1) is 11.7. The van der Waals surface area contributed by atoms with Crippen molar-refractivity contribution in [2.24, 2.45) is 0 Å². The number of hydrogen-bond donors (Lipinski definition) is 1. The molecule has 1 aliphatic heterocycles. The molecular weight excluding hydrogens is 322 g/mol. The first-order valence-electron chi connectivity index (χ1n) is 8.30. The molecule has 1 aromatic carbocycles. The van der Waals surface area contributed by atoms with Crippen LogP contribution in [0.5, 0.6) is 0 Å². The summed E-state index contributed by atoms with van der Waals surface area (Å²) < 4.78 is 0. The second kappa shape index (κ2) is 8.15. The Morgan fingerprint density at radius 2 is 1.83 bits per heavy atom. The maximum absolute atomic E-state index is 12.3. The predicted molar refractivity (Wildman–Crippen MR) is 96.1 cm³/mol. The van der Waals surface area contributed by atoms with Gasteiger partial charge in [0.2, 0.25) is 5.91 Å². The summed E-state index contributed by atoms with van der Waals surface area (Å²) in [6.45, 7) is 1.68. The molecule has 1 fully saturated rings. The summed E-state index contributed by atoms with van der Waals surface area (Å²) in [5.74, 6) is 0.427. The number of benzene rings is 1. The van der Waals surface area contributed by atoms with Crippen molar-refractivity contribution in [2.45, 2.75) is 30.8 Å². The Morgan fingerprint density at radius 1 is 1.12 bits per heavy atom. The molecule has 1 aliphatic rings. The Morgan fingerprint density at radius 3 is 2.54 bits per heavy atom. The average Bonchev–Trinajstić information content (AvgIpc) is 2.89. The maximum Gasteiger partial charge on any atom is 0.252 e. The highest BCUT2D eigenvalue weighted by molar-refractivity contribution is 7.99. The molecule has 1 N–H and O–H groups in total. The highest BCUT2D eigenvalue weighted by Gasteiger charge is 2.16. The van der Waals surface area contributed by atoms with Crippen LogP contribution in [-0.2, 0) is 4.79 Å². The van der Waals surface area contributed by atoms with Gasteiger partial charge in [-0.1, -0.05) is 54.9 Å². The second-order valence-corrected chi connectivity index (χ2v) is 6.85. The lowest BCUT2D eigenvalue weighted by Crippen LogP contribution is -2.33. The molecule has 5 nitrogen and oxygen atoms in total. The highest BCUT2D eigenvalue weighted by Crippen LogP contribution is 2.19. The molecule has 1 amide bonds. The first kappa shape index (κ1) is 16.8. The van der Waals surface area contributed by atoms with Gasteiger partial charge in [-0.25, -0.2) is 4.98 Å². The van der Waals surface area contributed by atoms with E-state index in [1.54, 1.807) is 0 Å². The molecule has 2 aromatic rings. The van der Waals surface area contributed by atoms with E-state index in [9.17, 15) is 9.59 Å². The minimum absolute atomic E-state index is 0.120. The molecule has 24 heavy (non-hydrogen) atoms. The molecule has 0 bridgehead atoms. The summed E-state index contributed by atoms with van der Waals surface area (Å²) in [5.41, 5.74) is 1.32. The van der Waals surface area contributed by atoms with Gasteiger partial charge in [0.25, 0.3) is 5.56 Å². The molecule has 1 aromatic heterocycles. The molecule has 6 heteroatoms. The minimum Gasteiger partial charge on any atom is -0.342 e. The van der Waals surface area contributed by atoms with Gasteiger partial charge in [0.1, 0.15) is 0 Å². The number of carbonyl (C=O) groups excluding carboxylic acids is 1. The van der Waals surface area contributed by atoms with Crippen LogP contribution in [0.4, 0.5) is 0 Å². The van der Waals surface area contributed by atoms with Crippen molar-refractivity contribution in [3.8, 4) is 11.3 Å². The van der Waals surface area contributed by atoms with Crippen LogP contribution in [0.1, 0.15) is 25.7 Å². The van der Waals surface area contributed by atoms with E-state index in [4.69, 9.17) is 0 Å². The Kier molecular flexibility index (Phi) is 5.69. The SMILES string of the molecule is O=C(CSc1nc(-c2ccccc2)cc(=O)[nH]1)N1CCCCCC1. The molecule has 0 unspecified atom stereocenters. The summed E-state index contributed by atoms with van der Waals surface area (Å²) in [7, 11) is 0. The number of aromatic nitrogens is 2. The molecule has 0 saturated carbocycles. The van der Waals surface area contributed by atoms with Gasteiger partial charge < -0.3 is 9.88 Å². The molecular formula is C18H21N3O2S. The number of nitrogens with zero attached hydrogens (tertiary/aromatic N) is 2. The Hall–Kier alpha value is -2.08. The van der Waals surface area contributed by atoms with Crippen molar-refractivity contribution in [1.29, 1.82) is 0 Å². The van der Waals surface area contributed by atoms with E-state index in [0.29, 0.717) is 16.6 Å². The van der Waals surface area contributed by atoms with E-state index in [1.165, 1.54) is 30.7 Å². The van der Waals surface area contributed by atoms with E-state index >= 15 is 0 Å². The van der Waals surface area contributed by atoms with Gasteiger partial charge in [-0.15, -0.1) is 0 Å². The average molecular weight is 343 g/mol. The normalized spacial score (nSPS) is 15.1. The number of H-pyrrole nitrogens is 1. The number of amides is 1. The third-order valence-corrected chi connectivity index (χ3v) is 4.94. The molecule has 0 spiro atoms. The Labute approximate surface area is 145 Å². The van der Waals surface area contributed by atoms with Crippen LogP contribution in [0.15, 0.2) is 46.3 Å². The van der Waals surface area contributed by atoms with Crippen molar-refractivity contribution in [3.05, 3.63) is 46.8 Å². The van der Waals surface area contributed by atoms with Gasteiger partial charge in [-0.05, 0) is 12.8 Å². The van der Waals surface area contributed by atoms with Crippen molar-refractivity contribution >= 4 is 17.7 Å². The topological polar surface area (TPSA) is 66.1 Å². The number of hydrogen-bond acceptors (Lipinski definition) is 4. The number of carbonyl (C=O) groups is 1. The van der Waals surface area contributed by atoms with Crippen LogP contribution in [0.2, 0.25) is 0 Å². The van der Waals surface area contributed by atoms with Gasteiger partial charge >= 0.3 is 0 Å². The number of likely N-dealkylation sites (tertiary alicyclic amines) is 1. The van der Waals surface area contributed by atoms with Gasteiger partial charge in [0.05, 0.1) is 11.4 Å². The lowest BCUT2D eigenvalue weighted by atomic mass is 10.1. The molecule has 0 aliphatic carbocycles. The minimum atomic E-state index is -0.200. The zero-order valence-electron chi connectivity index (χ0n) is 13.5. The largest absolute Gasteiger partial charge is 0.342 e. The van der Waals surface area contributed by atoms with Gasteiger partial charge in [0.15, 0.2) is 5.16 Å². The Balaban J connectivity index is 1.68. The lowest BCUT2D eigenvalue weighted by Gasteiger charge is -2.19. The van der Waals surface area contributed by atoms with E-state index in [0.717, 1.165) is 31.5 Å². The van der Waals surface area contributed by atoms with Crippen LogP contribution in [0.25, 0.3) is 11.3 Å². The van der Waals surface area contributed by atoms with E-state index in [2.05, 4.69) is 9.97 Å². The quantitative estimate of drug-likeness (QED) is 0.685. The standard InChI is InChI=1S/C18H21N3O2S/c22-16-12-15(14-8-4-3-5-9-14)19-18(20-16)24-13-17(23)21-10-6-1-2-7-11-21/h3-5,8-9,12H,1-2,6-7,10-11,13H2,(H,19,20,22). The summed E-state index contributed by atoms with van der Waals surface area (Å²) >= 11 is 1.29. The molecule has 0 atom stereocenters. The molecule has 0 radical (unpaired) electrons. The number of rotatable bonds is 4. The van der Waals surface area contributed by atoms with E-state index in [-0.39, 0.29) is 11.5 Å². The highest BCUT2D eigenvalue weighted by atomic mass is 32.2. The van der Waals surface area contributed by atoms with E-state index in [1.807, 2.05) is 35.2 Å². The fourth-order valence-corrected chi connectivity index (χ4v) is 3.58. The third-order valence-electron chi connectivity index (χ3n) is 4.08. The smallest absolute Gasteiger partial charge is 0.252 e. The van der Waals surface area contributed by atoms with Gasteiger partial charge in [0, 0.05) is 24.7 Å². The zero-order chi connectivity index (χ0) is 16.8. The second-order valence-electron chi connectivity index (χ2n) is 5.89. The fourth-order valence-electron chi connectivity index (χ4n) is 2.80. The summed E-state index contributed by atoms with van der Waals surface area (Å²) in [6, 6.07) is 11.1. The third kappa shape index (κ3) is 4.47. The summed E-state index contributed by atoms with van der Waals surface area (Å²) in [5, 5.41) is 0.490. The summed E-state index contributed by atoms with van der Waals surface area (Å²) in [6.07, 6.45) is 4.56. The Bertz CT molecular complexity index is 737. The van der Waals surface area contributed by atoms with Crippen LogP contribution in [-0.4, -0.2) is 39.6 Å². The number of nitrogens with one attached hydrogen (secondary N) is 1. The number of aromatic amines is 1. The van der Waals surface area contributed by atoms with Gasteiger partial charge in [-0.2, -0.15) is 0 Å². The van der Waals surface area contributed by atoms with Crippen LogP contribution in [0, 0.1) is 0 Å². The van der Waals surface area contributed by atoms with E-state index < -0.39 is 0 Å². The summed E-state index contributed by atoms with van der Waals surface area (Å²) in [4.78, 5) is 33.3.